The van der Waals surface area contributed by atoms with E-state index < -0.39 is 0 Å². The first-order valence-corrected chi connectivity index (χ1v) is 7.62. The molecule has 4 heteroatoms. The standard InChI is InChI=1S/C15H22BrNO2/c1-12(13-3-2-4-14(16)9-13)17-10-15(5-7-18)6-8-19-11-15/h2-4,9,12,17-18H,5-8,10-11H2,1H3. The van der Waals surface area contributed by atoms with Crippen LogP contribution in [-0.4, -0.2) is 31.5 Å². The second kappa shape index (κ2) is 6.84. The second-order valence-corrected chi connectivity index (χ2v) is 6.35. The lowest BCUT2D eigenvalue weighted by molar-refractivity contribution is 0.122. The zero-order chi connectivity index (χ0) is 13.7. The van der Waals surface area contributed by atoms with E-state index in [1.54, 1.807) is 0 Å². The Morgan fingerprint density at radius 1 is 1.53 bits per heavy atom. The highest BCUT2D eigenvalue weighted by atomic mass is 79.9. The highest BCUT2D eigenvalue weighted by Crippen LogP contribution is 2.32. The average Bonchev–Trinajstić information content (AvgIpc) is 2.85. The fourth-order valence-electron chi connectivity index (χ4n) is 2.58. The van der Waals surface area contributed by atoms with Crippen molar-refractivity contribution < 1.29 is 9.84 Å². The van der Waals surface area contributed by atoms with E-state index in [1.165, 1.54) is 5.56 Å². The molecule has 0 radical (unpaired) electrons. The summed E-state index contributed by atoms with van der Waals surface area (Å²) in [6.45, 7) is 4.86. The van der Waals surface area contributed by atoms with Crippen molar-refractivity contribution in [3.05, 3.63) is 34.3 Å². The maximum atomic E-state index is 9.22. The van der Waals surface area contributed by atoms with Gasteiger partial charge in [-0.3, -0.25) is 0 Å². The van der Waals surface area contributed by atoms with E-state index in [9.17, 15) is 5.11 Å². The van der Waals surface area contributed by atoms with E-state index in [-0.39, 0.29) is 12.0 Å². The quantitative estimate of drug-likeness (QED) is 0.844. The minimum atomic E-state index is 0.106. The Morgan fingerprint density at radius 3 is 3.00 bits per heavy atom. The molecule has 1 aromatic carbocycles. The first kappa shape index (κ1) is 15.0. The van der Waals surface area contributed by atoms with Crippen LogP contribution < -0.4 is 5.32 Å². The number of aliphatic hydroxyl groups excluding tert-OH is 1. The van der Waals surface area contributed by atoms with Crippen LogP contribution in [0.2, 0.25) is 0 Å². The van der Waals surface area contributed by atoms with Gasteiger partial charge in [0.1, 0.15) is 0 Å². The zero-order valence-corrected chi connectivity index (χ0v) is 12.9. The number of hydrogen-bond acceptors (Lipinski definition) is 3. The van der Waals surface area contributed by atoms with Crippen LogP contribution in [-0.2, 0) is 4.74 Å². The van der Waals surface area contributed by atoms with Crippen molar-refractivity contribution in [3.8, 4) is 0 Å². The van der Waals surface area contributed by atoms with Crippen molar-refractivity contribution in [2.45, 2.75) is 25.8 Å². The summed E-state index contributed by atoms with van der Waals surface area (Å²) in [6.07, 6.45) is 1.84. The summed E-state index contributed by atoms with van der Waals surface area (Å²) in [5.74, 6) is 0. The smallest absolute Gasteiger partial charge is 0.0536 e. The highest BCUT2D eigenvalue weighted by Gasteiger charge is 2.34. The van der Waals surface area contributed by atoms with E-state index in [1.807, 2.05) is 6.07 Å². The van der Waals surface area contributed by atoms with Crippen LogP contribution in [0.5, 0.6) is 0 Å². The van der Waals surface area contributed by atoms with Crippen molar-refractivity contribution in [3.63, 3.8) is 0 Å². The molecule has 0 spiro atoms. The van der Waals surface area contributed by atoms with Gasteiger partial charge in [-0.25, -0.2) is 0 Å². The first-order valence-electron chi connectivity index (χ1n) is 6.83. The van der Waals surface area contributed by atoms with Gasteiger partial charge in [0.2, 0.25) is 0 Å². The summed E-state index contributed by atoms with van der Waals surface area (Å²) in [5.41, 5.74) is 1.38. The van der Waals surface area contributed by atoms with Crippen LogP contribution in [0, 0.1) is 5.41 Å². The monoisotopic (exact) mass is 327 g/mol. The molecule has 0 aromatic heterocycles. The molecule has 19 heavy (non-hydrogen) atoms. The Kier molecular flexibility index (Phi) is 5.39. The highest BCUT2D eigenvalue weighted by molar-refractivity contribution is 9.10. The van der Waals surface area contributed by atoms with E-state index in [0.717, 1.165) is 37.1 Å². The molecule has 0 amide bonds. The van der Waals surface area contributed by atoms with Crippen LogP contribution in [0.4, 0.5) is 0 Å². The van der Waals surface area contributed by atoms with E-state index in [4.69, 9.17) is 4.74 Å². The fourth-order valence-corrected chi connectivity index (χ4v) is 2.99. The average molecular weight is 328 g/mol. The number of ether oxygens (including phenoxy) is 1. The molecule has 2 N–H and O–H groups in total. The van der Waals surface area contributed by atoms with Gasteiger partial charge in [-0.1, -0.05) is 28.1 Å². The van der Waals surface area contributed by atoms with Crippen LogP contribution in [0.25, 0.3) is 0 Å². The number of halogens is 1. The predicted octanol–water partition coefficient (Wildman–Crippen LogP) is 2.89. The van der Waals surface area contributed by atoms with E-state index in [0.29, 0.717) is 6.04 Å². The number of aliphatic hydroxyl groups is 1. The summed E-state index contributed by atoms with van der Waals surface area (Å²) >= 11 is 3.50. The van der Waals surface area contributed by atoms with Crippen molar-refractivity contribution in [1.29, 1.82) is 0 Å². The van der Waals surface area contributed by atoms with Crippen molar-refractivity contribution in [2.75, 3.05) is 26.4 Å². The molecule has 1 heterocycles. The molecule has 2 atom stereocenters. The summed E-state index contributed by atoms with van der Waals surface area (Å²) in [7, 11) is 0. The van der Waals surface area contributed by atoms with Crippen LogP contribution in [0.3, 0.4) is 0 Å². The summed E-state index contributed by atoms with van der Waals surface area (Å²) in [6, 6.07) is 8.66. The maximum Gasteiger partial charge on any atom is 0.0536 e. The molecule has 0 aliphatic carbocycles. The minimum Gasteiger partial charge on any atom is -0.396 e. The predicted molar refractivity (Wildman–Crippen MR) is 80.1 cm³/mol. The summed E-state index contributed by atoms with van der Waals surface area (Å²) in [4.78, 5) is 0. The van der Waals surface area contributed by atoms with Gasteiger partial charge in [-0.2, -0.15) is 0 Å². The van der Waals surface area contributed by atoms with Crippen LogP contribution in [0.15, 0.2) is 28.7 Å². The summed E-state index contributed by atoms with van der Waals surface area (Å²) < 4.78 is 6.62. The van der Waals surface area contributed by atoms with E-state index in [2.05, 4.69) is 46.4 Å². The molecule has 1 saturated heterocycles. The van der Waals surface area contributed by atoms with Gasteiger partial charge in [-0.15, -0.1) is 0 Å². The molecule has 2 unspecified atom stereocenters. The largest absolute Gasteiger partial charge is 0.396 e. The lowest BCUT2D eigenvalue weighted by Gasteiger charge is -2.29. The van der Waals surface area contributed by atoms with Gasteiger partial charge < -0.3 is 15.2 Å². The molecule has 1 fully saturated rings. The zero-order valence-electron chi connectivity index (χ0n) is 11.4. The number of hydrogen-bond donors (Lipinski definition) is 2. The SMILES string of the molecule is CC(NCC1(CCO)CCOC1)c1cccc(Br)c1. The Labute approximate surface area is 123 Å². The molecule has 106 valence electrons. The van der Waals surface area contributed by atoms with Crippen molar-refractivity contribution in [2.24, 2.45) is 5.41 Å². The van der Waals surface area contributed by atoms with E-state index >= 15 is 0 Å². The van der Waals surface area contributed by atoms with Crippen molar-refractivity contribution in [1.82, 2.24) is 5.32 Å². The first-order chi connectivity index (χ1) is 9.15. The molecule has 1 aliphatic rings. The molecule has 1 aliphatic heterocycles. The third-order valence-corrected chi connectivity index (χ3v) is 4.45. The molecule has 0 saturated carbocycles. The topological polar surface area (TPSA) is 41.5 Å². The molecule has 3 nitrogen and oxygen atoms in total. The third kappa shape index (κ3) is 4.02. The maximum absolute atomic E-state index is 9.22. The number of rotatable bonds is 6. The Morgan fingerprint density at radius 2 is 2.37 bits per heavy atom. The van der Waals surface area contributed by atoms with Gasteiger partial charge in [0.05, 0.1) is 6.61 Å². The fraction of sp³-hybridized carbons (Fsp3) is 0.600. The van der Waals surface area contributed by atoms with Crippen molar-refractivity contribution >= 4 is 15.9 Å². The van der Waals surface area contributed by atoms with Crippen LogP contribution >= 0.6 is 15.9 Å². The number of benzene rings is 1. The Balaban J connectivity index is 1.93. The van der Waals surface area contributed by atoms with Gasteiger partial charge in [0.15, 0.2) is 0 Å². The minimum absolute atomic E-state index is 0.106. The van der Waals surface area contributed by atoms with Gasteiger partial charge in [-0.05, 0) is 37.5 Å². The van der Waals surface area contributed by atoms with Gasteiger partial charge in [0, 0.05) is 35.7 Å². The van der Waals surface area contributed by atoms with Gasteiger partial charge >= 0.3 is 0 Å². The second-order valence-electron chi connectivity index (χ2n) is 5.43. The van der Waals surface area contributed by atoms with Gasteiger partial charge in [0.25, 0.3) is 0 Å². The summed E-state index contributed by atoms with van der Waals surface area (Å²) in [5, 5.41) is 12.8. The van der Waals surface area contributed by atoms with Crippen LogP contribution in [0.1, 0.15) is 31.4 Å². The molecule has 1 aromatic rings. The lowest BCUT2D eigenvalue weighted by atomic mass is 9.83. The Bertz CT molecular complexity index is 405. The molecule has 0 bridgehead atoms. The lowest BCUT2D eigenvalue weighted by Crippen LogP contribution is -2.37. The number of nitrogens with one attached hydrogen (secondary N) is 1. The molecule has 2 rings (SSSR count). The Hall–Kier alpha value is -0.420. The molecular formula is C15H22BrNO2. The normalized spacial score (nSPS) is 24.6. The third-order valence-electron chi connectivity index (χ3n) is 3.96. The molecular weight excluding hydrogens is 306 g/mol.